The van der Waals surface area contributed by atoms with Crippen LogP contribution in [-0.2, 0) is 4.79 Å². The first-order valence-corrected chi connectivity index (χ1v) is 11.0. The van der Waals surface area contributed by atoms with Crippen LogP contribution < -0.4 is 19.1 Å². The number of para-hydroxylation sites is 1. The topological polar surface area (TPSA) is 73.3 Å². The van der Waals surface area contributed by atoms with Crippen LogP contribution in [0.5, 0.6) is 17.2 Å². The van der Waals surface area contributed by atoms with Crippen LogP contribution in [0.4, 0.5) is 11.4 Å². The van der Waals surface area contributed by atoms with Crippen molar-refractivity contribution in [3.05, 3.63) is 76.4 Å². The molecule has 2 heterocycles. The van der Waals surface area contributed by atoms with Crippen molar-refractivity contribution in [1.82, 2.24) is 4.98 Å². The molecule has 1 amide bonds. The van der Waals surface area contributed by atoms with Crippen LogP contribution in [0.25, 0.3) is 6.08 Å². The molecular weight excluding hydrogens is 462 g/mol. The number of nitrogens with zero attached hydrogens (tertiary/aromatic N) is 3. The van der Waals surface area contributed by atoms with Crippen LogP contribution in [0.1, 0.15) is 5.56 Å². The van der Waals surface area contributed by atoms with Crippen molar-refractivity contribution >= 4 is 51.9 Å². The molecule has 168 valence electrons. The van der Waals surface area contributed by atoms with Gasteiger partial charge in [-0.25, -0.2) is 9.98 Å². The molecule has 3 aromatic rings. The number of hydrogen-bond acceptors (Lipinski definition) is 7. The molecule has 0 saturated carbocycles. The lowest BCUT2D eigenvalue weighted by Gasteiger charge is -2.15. The first-order valence-electron chi connectivity index (χ1n) is 9.84. The monoisotopic (exact) mass is 481 g/mol. The number of pyridine rings is 1. The molecule has 0 unspecified atom stereocenters. The van der Waals surface area contributed by atoms with Crippen LogP contribution in [-0.4, -0.2) is 37.4 Å². The van der Waals surface area contributed by atoms with Crippen molar-refractivity contribution in [3.8, 4) is 17.2 Å². The number of aliphatic imine (C=N–C) groups is 1. The SMILES string of the molecule is COc1ccc(/C=C2\SC(=Nc3cccnc3Cl)N(c3ccccc3)C2=O)c(OC)c1OC. The highest BCUT2D eigenvalue weighted by Crippen LogP contribution is 2.43. The van der Waals surface area contributed by atoms with Gasteiger partial charge in [0.05, 0.1) is 31.9 Å². The van der Waals surface area contributed by atoms with Gasteiger partial charge in [0, 0.05) is 11.8 Å². The van der Waals surface area contributed by atoms with E-state index in [0.29, 0.717) is 44.3 Å². The number of aromatic nitrogens is 1. The third kappa shape index (κ3) is 4.53. The van der Waals surface area contributed by atoms with E-state index in [1.807, 2.05) is 30.3 Å². The average Bonchev–Trinajstić information content (AvgIpc) is 3.14. The minimum absolute atomic E-state index is 0.221. The van der Waals surface area contributed by atoms with Gasteiger partial charge in [-0.05, 0) is 54.2 Å². The summed E-state index contributed by atoms with van der Waals surface area (Å²) < 4.78 is 16.4. The van der Waals surface area contributed by atoms with E-state index >= 15 is 0 Å². The van der Waals surface area contributed by atoms with E-state index in [-0.39, 0.29) is 11.1 Å². The predicted molar refractivity (Wildman–Crippen MR) is 132 cm³/mol. The predicted octanol–water partition coefficient (Wildman–Crippen LogP) is 5.57. The number of rotatable bonds is 6. The number of ether oxygens (including phenoxy) is 3. The molecule has 9 heteroatoms. The standard InChI is InChI=1S/C24H20ClN3O4S/c1-30-18-12-11-15(20(31-2)21(18)32-3)14-19-23(29)28(16-8-5-4-6-9-16)24(33-19)27-17-10-7-13-26-22(17)25/h4-14H,1-3H3/b19-14-,27-24?. The molecule has 1 aromatic heterocycles. The van der Waals surface area contributed by atoms with Gasteiger partial charge in [-0.3, -0.25) is 9.69 Å². The largest absolute Gasteiger partial charge is 0.493 e. The van der Waals surface area contributed by atoms with Crippen molar-refractivity contribution in [2.24, 2.45) is 4.99 Å². The van der Waals surface area contributed by atoms with Crippen molar-refractivity contribution < 1.29 is 19.0 Å². The Bertz CT molecular complexity index is 1250. The average molecular weight is 482 g/mol. The Labute approximate surface area is 200 Å². The number of benzene rings is 2. The first kappa shape index (κ1) is 22.7. The zero-order valence-corrected chi connectivity index (χ0v) is 19.7. The third-order valence-electron chi connectivity index (χ3n) is 4.80. The van der Waals surface area contributed by atoms with Gasteiger partial charge < -0.3 is 14.2 Å². The maximum absolute atomic E-state index is 13.5. The lowest BCUT2D eigenvalue weighted by molar-refractivity contribution is -0.113. The van der Waals surface area contributed by atoms with Gasteiger partial charge >= 0.3 is 0 Å². The smallest absolute Gasteiger partial charge is 0.271 e. The van der Waals surface area contributed by atoms with Crippen molar-refractivity contribution in [3.63, 3.8) is 0 Å². The molecule has 0 radical (unpaired) electrons. The summed E-state index contributed by atoms with van der Waals surface area (Å²) >= 11 is 7.45. The number of amides is 1. The molecule has 0 bridgehead atoms. The molecule has 0 N–H and O–H groups in total. The van der Waals surface area contributed by atoms with E-state index in [4.69, 9.17) is 25.8 Å². The molecule has 0 spiro atoms. The summed E-state index contributed by atoms with van der Waals surface area (Å²) in [6.45, 7) is 0. The first-order chi connectivity index (χ1) is 16.1. The number of carbonyl (C=O) groups is 1. The molecule has 0 aliphatic carbocycles. The fraction of sp³-hybridized carbons (Fsp3) is 0.125. The number of anilines is 1. The molecular formula is C24H20ClN3O4S. The number of halogens is 1. The van der Waals surface area contributed by atoms with Crippen molar-refractivity contribution in [2.45, 2.75) is 0 Å². The summed E-state index contributed by atoms with van der Waals surface area (Å²) in [5, 5.41) is 0.719. The zero-order chi connectivity index (χ0) is 23.4. The second kappa shape index (κ2) is 9.97. The van der Waals surface area contributed by atoms with Crippen LogP contribution in [0, 0.1) is 0 Å². The third-order valence-corrected chi connectivity index (χ3v) is 6.06. The quantitative estimate of drug-likeness (QED) is 0.338. The summed E-state index contributed by atoms with van der Waals surface area (Å²) in [4.78, 5) is 24.2. The van der Waals surface area contributed by atoms with Gasteiger partial charge in [0.25, 0.3) is 5.91 Å². The minimum Gasteiger partial charge on any atom is -0.493 e. The fourth-order valence-corrected chi connectivity index (χ4v) is 4.44. The van der Waals surface area contributed by atoms with Gasteiger partial charge in [0.1, 0.15) is 5.69 Å². The van der Waals surface area contributed by atoms with Gasteiger partial charge in [0.2, 0.25) is 5.75 Å². The Morgan fingerprint density at radius 1 is 0.970 bits per heavy atom. The van der Waals surface area contributed by atoms with Gasteiger partial charge in [-0.15, -0.1) is 0 Å². The van der Waals surface area contributed by atoms with Crippen LogP contribution >= 0.6 is 23.4 Å². The Hall–Kier alpha value is -3.49. The summed E-state index contributed by atoms with van der Waals surface area (Å²) in [7, 11) is 4.62. The Balaban J connectivity index is 1.82. The molecule has 1 fully saturated rings. The number of methoxy groups -OCH3 is 3. The van der Waals surface area contributed by atoms with Gasteiger partial charge in [-0.1, -0.05) is 29.8 Å². The van der Waals surface area contributed by atoms with E-state index in [0.717, 1.165) is 0 Å². The number of hydrogen-bond donors (Lipinski definition) is 0. The lowest BCUT2D eigenvalue weighted by atomic mass is 10.1. The normalized spacial score (nSPS) is 15.9. The van der Waals surface area contributed by atoms with Crippen molar-refractivity contribution in [2.75, 3.05) is 26.2 Å². The van der Waals surface area contributed by atoms with Crippen LogP contribution in [0.3, 0.4) is 0 Å². The summed E-state index contributed by atoms with van der Waals surface area (Å²) in [6, 6.07) is 16.4. The van der Waals surface area contributed by atoms with E-state index < -0.39 is 0 Å². The fourth-order valence-electron chi connectivity index (χ4n) is 3.30. The van der Waals surface area contributed by atoms with Crippen molar-refractivity contribution in [1.29, 1.82) is 0 Å². The summed E-state index contributed by atoms with van der Waals surface area (Å²) in [6.07, 6.45) is 3.33. The molecule has 7 nitrogen and oxygen atoms in total. The molecule has 0 atom stereocenters. The van der Waals surface area contributed by atoms with E-state index in [1.54, 1.807) is 48.5 Å². The van der Waals surface area contributed by atoms with Crippen LogP contribution in [0.15, 0.2) is 70.7 Å². The highest BCUT2D eigenvalue weighted by molar-refractivity contribution is 8.19. The summed E-state index contributed by atoms with van der Waals surface area (Å²) in [5.74, 6) is 1.22. The van der Waals surface area contributed by atoms with E-state index in [1.165, 1.54) is 26.0 Å². The highest BCUT2D eigenvalue weighted by atomic mass is 35.5. The van der Waals surface area contributed by atoms with E-state index in [2.05, 4.69) is 9.98 Å². The molecule has 2 aromatic carbocycles. The molecule has 1 saturated heterocycles. The maximum atomic E-state index is 13.5. The Morgan fingerprint density at radius 2 is 1.73 bits per heavy atom. The highest BCUT2D eigenvalue weighted by Gasteiger charge is 2.35. The number of amidine groups is 1. The molecule has 1 aliphatic heterocycles. The van der Waals surface area contributed by atoms with Crippen LogP contribution in [0.2, 0.25) is 5.15 Å². The number of thioether (sulfide) groups is 1. The molecule has 4 rings (SSSR count). The zero-order valence-electron chi connectivity index (χ0n) is 18.1. The Kier molecular flexibility index (Phi) is 6.86. The molecule has 33 heavy (non-hydrogen) atoms. The molecule has 1 aliphatic rings. The minimum atomic E-state index is -0.221. The second-order valence-electron chi connectivity index (χ2n) is 6.72. The second-order valence-corrected chi connectivity index (χ2v) is 8.09. The van der Waals surface area contributed by atoms with Gasteiger partial charge in [0.15, 0.2) is 21.8 Å². The number of carbonyl (C=O) groups excluding carboxylic acids is 1. The van der Waals surface area contributed by atoms with Gasteiger partial charge in [-0.2, -0.15) is 0 Å². The van der Waals surface area contributed by atoms with E-state index in [9.17, 15) is 4.79 Å². The summed E-state index contributed by atoms with van der Waals surface area (Å²) in [5.41, 5.74) is 1.83. The Morgan fingerprint density at radius 3 is 2.39 bits per heavy atom. The lowest BCUT2D eigenvalue weighted by Crippen LogP contribution is -2.28. The maximum Gasteiger partial charge on any atom is 0.271 e.